The number of hydrogen-bond donors (Lipinski definition) is 1. The van der Waals surface area contributed by atoms with Crippen molar-refractivity contribution in [3.05, 3.63) is 113 Å². The van der Waals surface area contributed by atoms with Crippen molar-refractivity contribution in [2.45, 2.75) is 32.0 Å². The van der Waals surface area contributed by atoms with Crippen molar-refractivity contribution in [1.29, 1.82) is 0 Å². The molecule has 3 aromatic rings. The Bertz CT molecular complexity index is 1290. The molecule has 0 spiro atoms. The average molecular weight is 513 g/mol. The van der Waals surface area contributed by atoms with E-state index in [-0.39, 0.29) is 36.5 Å². The van der Waals surface area contributed by atoms with E-state index >= 15 is 0 Å². The van der Waals surface area contributed by atoms with Crippen LogP contribution in [-0.4, -0.2) is 48.1 Å². The minimum atomic E-state index is -0.632. The van der Waals surface area contributed by atoms with E-state index in [1.54, 1.807) is 36.4 Å². The molecule has 0 radical (unpaired) electrons. The van der Waals surface area contributed by atoms with Crippen molar-refractivity contribution in [3.63, 3.8) is 0 Å². The van der Waals surface area contributed by atoms with Crippen molar-refractivity contribution in [2.24, 2.45) is 5.92 Å². The second kappa shape index (κ2) is 11.0. The lowest BCUT2D eigenvalue weighted by Gasteiger charge is -2.42. The largest absolute Gasteiger partial charge is 0.392 e. The normalized spacial score (nSPS) is 23.1. The first-order valence-corrected chi connectivity index (χ1v) is 12.8. The summed E-state index contributed by atoms with van der Waals surface area (Å²) in [5.41, 5.74) is 3.98. The summed E-state index contributed by atoms with van der Waals surface area (Å²) in [5.74, 6) is -0.584. The van der Waals surface area contributed by atoms with E-state index < -0.39 is 6.29 Å². The Morgan fingerprint density at radius 2 is 1.53 bits per heavy atom. The predicted octanol–water partition coefficient (Wildman–Crippen LogP) is 4.89. The van der Waals surface area contributed by atoms with Gasteiger partial charge >= 0.3 is 0 Å². The van der Waals surface area contributed by atoms with Gasteiger partial charge in [0.2, 0.25) is 0 Å². The number of aliphatic hydroxyl groups excluding tert-OH is 1. The second-order valence-corrected chi connectivity index (χ2v) is 9.91. The summed E-state index contributed by atoms with van der Waals surface area (Å²) in [5, 5.41) is 9.45. The molecule has 196 valence electrons. The average Bonchev–Trinajstić information content (AvgIpc) is 3.20. The molecule has 2 heterocycles. The molecule has 0 unspecified atom stereocenters. The standard InChI is InChI=1S/C31H32N2O5/c1-4-17-32(3)18-27-20(2)28(22-11-9-21(19-34)10-12-22)38-31(37-27)23-13-15-24(16-14-23)33-29(35)25-7-5-6-8-26(25)30(33)36/h4-16,20,27-28,31,34H,1,17-19H2,2-3H3/t20-,27+,28+,31+/m0/s1. The smallest absolute Gasteiger partial charge is 0.266 e. The maximum atomic E-state index is 12.9. The number of fused-ring (bicyclic) bond motifs is 1. The number of nitrogens with zero attached hydrogens (tertiary/aromatic N) is 2. The topological polar surface area (TPSA) is 79.3 Å². The van der Waals surface area contributed by atoms with Crippen LogP contribution in [0.3, 0.4) is 0 Å². The summed E-state index contributed by atoms with van der Waals surface area (Å²) in [6, 6.07) is 21.9. The monoisotopic (exact) mass is 512 g/mol. The maximum Gasteiger partial charge on any atom is 0.266 e. The van der Waals surface area contributed by atoms with Crippen LogP contribution in [0.2, 0.25) is 0 Å². The summed E-state index contributed by atoms with van der Waals surface area (Å²) < 4.78 is 13.0. The number of carbonyl (C=O) groups excluding carboxylic acids is 2. The first-order chi connectivity index (χ1) is 18.4. The van der Waals surface area contributed by atoms with Crippen molar-refractivity contribution < 1.29 is 24.2 Å². The number of ether oxygens (including phenoxy) is 2. The molecule has 1 fully saturated rings. The number of amides is 2. The van der Waals surface area contributed by atoms with Gasteiger partial charge < -0.3 is 19.5 Å². The van der Waals surface area contributed by atoms with E-state index in [9.17, 15) is 14.7 Å². The van der Waals surface area contributed by atoms with Gasteiger partial charge in [-0.15, -0.1) is 6.58 Å². The molecule has 7 heteroatoms. The van der Waals surface area contributed by atoms with Crippen LogP contribution in [0.15, 0.2) is 85.5 Å². The zero-order valence-electron chi connectivity index (χ0n) is 21.6. The molecule has 2 aliphatic heterocycles. The van der Waals surface area contributed by atoms with Crippen molar-refractivity contribution in [1.82, 2.24) is 4.90 Å². The minimum absolute atomic E-state index is 0.0124. The van der Waals surface area contributed by atoms with Gasteiger partial charge in [-0.25, -0.2) is 4.90 Å². The Balaban J connectivity index is 1.40. The second-order valence-electron chi connectivity index (χ2n) is 9.91. The molecule has 38 heavy (non-hydrogen) atoms. The SMILES string of the molecule is C=CCN(C)C[C@H]1O[C@@H](c2ccc(N3C(=O)c4ccccc4C3=O)cc2)O[C@@H](c2ccc(CO)cc2)[C@H]1C. The summed E-state index contributed by atoms with van der Waals surface area (Å²) in [6.45, 7) is 7.39. The lowest BCUT2D eigenvalue weighted by molar-refractivity contribution is -0.275. The van der Waals surface area contributed by atoms with E-state index in [0.717, 1.165) is 23.2 Å². The molecule has 0 aliphatic carbocycles. The molecular weight excluding hydrogens is 480 g/mol. The Kier molecular flexibility index (Phi) is 7.53. The molecular formula is C31H32N2O5. The predicted molar refractivity (Wildman–Crippen MR) is 145 cm³/mol. The molecule has 5 rings (SSSR count). The van der Waals surface area contributed by atoms with Gasteiger partial charge in [0, 0.05) is 24.6 Å². The van der Waals surface area contributed by atoms with Crippen LogP contribution in [0.5, 0.6) is 0 Å². The number of likely N-dealkylation sites (N-methyl/N-ethyl adjacent to an activating group) is 1. The first-order valence-electron chi connectivity index (χ1n) is 12.8. The van der Waals surface area contributed by atoms with Gasteiger partial charge in [-0.3, -0.25) is 9.59 Å². The number of benzene rings is 3. The fourth-order valence-electron chi connectivity index (χ4n) is 5.13. The fourth-order valence-corrected chi connectivity index (χ4v) is 5.13. The molecule has 0 bridgehead atoms. The molecule has 0 aromatic heterocycles. The Morgan fingerprint density at radius 3 is 2.11 bits per heavy atom. The van der Waals surface area contributed by atoms with Crippen LogP contribution in [0.1, 0.15) is 56.7 Å². The molecule has 2 aliphatic rings. The van der Waals surface area contributed by atoms with Crippen LogP contribution in [0, 0.1) is 5.92 Å². The van der Waals surface area contributed by atoms with E-state index in [0.29, 0.717) is 23.4 Å². The third kappa shape index (κ3) is 4.93. The fraction of sp³-hybridized carbons (Fsp3) is 0.290. The number of hydrogen-bond acceptors (Lipinski definition) is 6. The highest BCUT2D eigenvalue weighted by atomic mass is 16.7. The van der Waals surface area contributed by atoms with Crippen molar-refractivity contribution >= 4 is 17.5 Å². The Morgan fingerprint density at radius 1 is 0.921 bits per heavy atom. The molecule has 2 amide bonds. The minimum Gasteiger partial charge on any atom is -0.392 e. The summed E-state index contributed by atoms with van der Waals surface area (Å²) in [7, 11) is 2.03. The third-order valence-electron chi connectivity index (χ3n) is 7.27. The molecule has 1 saturated heterocycles. The van der Waals surface area contributed by atoms with Crippen molar-refractivity contribution in [2.75, 3.05) is 25.0 Å². The van der Waals surface area contributed by atoms with Crippen molar-refractivity contribution in [3.8, 4) is 0 Å². The number of rotatable bonds is 8. The lowest BCUT2D eigenvalue weighted by Crippen LogP contribution is -2.43. The molecule has 7 nitrogen and oxygen atoms in total. The maximum absolute atomic E-state index is 12.9. The van der Waals surface area contributed by atoms with Gasteiger partial charge in [0.25, 0.3) is 11.8 Å². The molecule has 0 saturated carbocycles. The zero-order valence-corrected chi connectivity index (χ0v) is 21.6. The van der Waals surface area contributed by atoms with Crippen LogP contribution in [-0.2, 0) is 16.1 Å². The highest BCUT2D eigenvalue weighted by molar-refractivity contribution is 6.34. The van der Waals surface area contributed by atoms with Crippen LogP contribution in [0.25, 0.3) is 0 Å². The van der Waals surface area contributed by atoms with Crippen LogP contribution >= 0.6 is 0 Å². The van der Waals surface area contributed by atoms with Gasteiger partial charge in [-0.1, -0.05) is 61.5 Å². The van der Waals surface area contributed by atoms with Gasteiger partial charge in [0.15, 0.2) is 6.29 Å². The number of imide groups is 1. The van der Waals surface area contributed by atoms with Gasteiger partial charge in [-0.05, 0) is 42.4 Å². The molecule has 3 aromatic carbocycles. The number of aliphatic hydroxyl groups is 1. The quantitative estimate of drug-likeness (QED) is 0.342. The summed E-state index contributed by atoms with van der Waals surface area (Å²) in [4.78, 5) is 29.2. The van der Waals surface area contributed by atoms with Gasteiger partial charge in [-0.2, -0.15) is 0 Å². The number of anilines is 1. The first kappa shape index (κ1) is 26.0. The van der Waals surface area contributed by atoms with E-state index in [1.165, 1.54) is 4.90 Å². The van der Waals surface area contributed by atoms with Gasteiger partial charge in [0.05, 0.1) is 35.6 Å². The molecule has 4 atom stereocenters. The van der Waals surface area contributed by atoms with Crippen LogP contribution < -0.4 is 4.90 Å². The Labute approximate surface area is 222 Å². The zero-order chi connectivity index (χ0) is 26.8. The summed E-state index contributed by atoms with van der Waals surface area (Å²) in [6.07, 6.45) is 0.897. The van der Waals surface area contributed by atoms with E-state index in [2.05, 4.69) is 18.4 Å². The summed E-state index contributed by atoms with van der Waals surface area (Å²) >= 11 is 0. The van der Waals surface area contributed by atoms with E-state index in [1.807, 2.05) is 49.5 Å². The number of carbonyl (C=O) groups is 2. The van der Waals surface area contributed by atoms with Crippen LogP contribution in [0.4, 0.5) is 5.69 Å². The Hall–Kier alpha value is -3.62. The third-order valence-corrected chi connectivity index (χ3v) is 7.27. The van der Waals surface area contributed by atoms with E-state index in [4.69, 9.17) is 9.47 Å². The van der Waals surface area contributed by atoms with Gasteiger partial charge in [0.1, 0.15) is 0 Å². The highest BCUT2D eigenvalue weighted by Crippen LogP contribution is 2.42. The lowest BCUT2D eigenvalue weighted by atomic mass is 9.90. The highest BCUT2D eigenvalue weighted by Gasteiger charge is 2.39. The molecule has 1 N–H and O–H groups in total.